The molecule has 2 N–H and O–H groups in total. The Bertz CT molecular complexity index is 342. The van der Waals surface area contributed by atoms with Gasteiger partial charge < -0.3 is 5.11 Å². The number of aryl methyl sites for hydroxylation is 1. The summed E-state index contributed by atoms with van der Waals surface area (Å²) in [5.74, 6) is 1.00. The van der Waals surface area contributed by atoms with Gasteiger partial charge in [0.25, 0.3) is 0 Å². The molecule has 1 heterocycles. The highest BCUT2D eigenvalue weighted by molar-refractivity contribution is 5.71. The average molecular weight is 195 g/mol. The number of aromatic amines is 1. The second kappa shape index (κ2) is 3.40. The SMILES string of the molecule is CCc1nc(C2CC(C(=O)O)C2)n[nH]1. The molecule has 1 aliphatic carbocycles. The molecule has 0 amide bonds. The lowest BCUT2D eigenvalue weighted by atomic mass is 9.74. The zero-order valence-corrected chi connectivity index (χ0v) is 8.03. The lowest BCUT2D eigenvalue weighted by Crippen LogP contribution is -2.29. The van der Waals surface area contributed by atoms with Crippen molar-refractivity contribution >= 4 is 5.97 Å². The predicted molar refractivity (Wildman–Crippen MR) is 48.9 cm³/mol. The molecule has 1 saturated carbocycles. The van der Waals surface area contributed by atoms with Gasteiger partial charge in [-0.25, -0.2) is 4.98 Å². The van der Waals surface area contributed by atoms with Gasteiger partial charge in [0.1, 0.15) is 5.82 Å². The van der Waals surface area contributed by atoms with E-state index >= 15 is 0 Å². The Balaban J connectivity index is 1.96. The number of H-pyrrole nitrogens is 1. The van der Waals surface area contributed by atoms with Gasteiger partial charge in [0.15, 0.2) is 5.82 Å². The van der Waals surface area contributed by atoms with Crippen molar-refractivity contribution < 1.29 is 9.90 Å². The molecule has 5 nitrogen and oxygen atoms in total. The predicted octanol–water partition coefficient (Wildman–Crippen LogP) is 0.945. The number of carbonyl (C=O) groups is 1. The maximum Gasteiger partial charge on any atom is 0.306 e. The zero-order valence-electron chi connectivity index (χ0n) is 8.03. The third-order valence-corrected chi connectivity index (χ3v) is 2.74. The maximum absolute atomic E-state index is 10.6. The van der Waals surface area contributed by atoms with Crippen LogP contribution in [0, 0.1) is 5.92 Å². The molecule has 2 rings (SSSR count). The summed E-state index contributed by atoms with van der Waals surface area (Å²) in [6.07, 6.45) is 2.19. The third-order valence-electron chi connectivity index (χ3n) is 2.74. The van der Waals surface area contributed by atoms with Crippen LogP contribution >= 0.6 is 0 Å². The summed E-state index contributed by atoms with van der Waals surface area (Å²) in [7, 11) is 0. The lowest BCUT2D eigenvalue weighted by molar-refractivity contribution is -0.145. The van der Waals surface area contributed by atoms with Gasteiger partial charge in [0, 0.05) is 12.3 Å². The van der Waals surface area contributed by atoms with Crippen LogP contribution < -0.4 is 0 Å². The van der Waals surface area contributed by atoms with Gasteiger partial charge in [0.2, 0.25) is 0 Å². The first kappa shape index (κ1) is 9.18. The molecule has 0 bridgehead atoms. The second-order valence-electron chi connectivity index (χ2n) is 3.70. The topological polar surface area (TPSA) is 78.9 Å². The van der Waals surface area contributed by atoms with Crippen LogP contribution in [0.5, 0.6) is 0 Å². The Morgan fingerprint density at radius 2 is 2.36 bits per heavy atom. The fraction of sp³-hybridized carbons (Fsp3) is 0.667. The number of carboxylic acid groups (broad SMARTS) is 1. The molecule has 0 radical (unpaired) electrons. The molecule has 1 aromatic heterocycles. The van der Waals surface area contributed by atoms with Gasteiger partial charge in [-0.05, 0) is 12.8 Å². The fourth-order valence-electron chi connectivity index (χ4n) is 1.68. The highest BCUT2D eigenvalue weighted by Crippen LogP contribution is 2.40. The van der Waals surface area contributed by atoms with Crippen LogP contribution in [-0.4, -0.2) is 26.3 Å². The number of carboxylic acids is 1. The molecule has 1 aliphatic rings. The van der Waals surface area contributed by atoms with Crippen molar-refractivity contribution in [1.82, 2.24) is 15.2 Å². The van der Waals surface area contributed by atoms with Gasteiger partial charge >= 0.3 is 5.97 Å². The van der Waals surface area contributed by atoms with E-state index in [1.54, 1.807) is 0 Å². The number of aromatic nitrogens is 3. The Morgan fingerprint density at radius 3 is 2.86 bits per heavy atom. The summed E-state index contributed by atoms with van der Waals surface area (Å²) >= 11 is 0. The van der Waals surface area contributed by atoms with E-state index in [4.69, 9.17) is 5.11 Å². The van der Waals surface area contributed by atoms with Crippen LogP contribution in [0.1, 0.15) is 37.3 Å². The van der Waals surface area contributed by atoms with E-state index in [9.17, 15) is 4.79 Å². The minimum Gasteiger partial charge on any atom is -0.481 e. The molecule has 0 atom stereocenters. The van der Waals surface area contributed by atoms with Gasteiger partial charge in [-0.3, -0.25) is 9.89 Å². The van der Waals surface area contributed by atoms with Crippen LogP contribution in [-0.2, 0) is 11.2 Å². The largest absolute Gasteiger partial charge is 0.481 e. The van der Waals surface area contributed by atoms with E-state index in [2.05, 4.69) is 15.2 Å². The minimum absolute atomic E-state index is 0.191. The Labute approximate surface area is 81.6 Å². The van der Waals surface area contributed by atoms with Crippen LogP contribution in [0.4, 0.5) is 0 Å². The summed E-state index contributed by atoms with van der Waals surface area (Å²) < 4.78 is 0. The maximum atomic E-state index is 10.6. The van der Waals surface area contributed by atoms with E-state index in [0.717, 1.165) is 18.1 Å². The first-order valence-corrected chi connectivity index (χ1v) is 4.84. The molecule has 0 aliphatic heterocycles. The standard InChI is InChI=1S/C9H13N3O2/c1-2-7-10-8(12-11-7)5-3-6(4-5)9(13)14/h5-6H,2-4H2,1H3,(H,13,14)(H,10,11,12). The number of rotatable bonds is 3. The van der Waals surface area contributed by atoms with Crippen LogP contribution in [0.2, 0.25) is 0 Å². The Kier molecular flexibility index (Phi) is 2.23. The summed E-state index contributed by atoms with van der Waals surface area (Å²) in [4.78, 5) is 14.9. The number of hydrogen-bond acceptors (Lipinski definition) is 3. The number of aliphatic carboxylic acids is 1. The van der Waals surface area contributed by atoms with Crippen molar-refractivity contribution in [2.45, 2.75) is 32.1 Å². The van der Waals surface area contributed by atoms with Crippen LogP contribution in [0.25, 0.3) is 0 Å². The molecule has 0 spiro atoms. The van der Waals surface area contributed by atoms with Crippen molar-refractivity contribution in [1.29, 1.82) is 0 Å². The summed E-state index contributed by atoms with van der Waals surface area (Å²) in [5, 5.41) is 15.6. The van der Waals surface area contributed by atoms with Crippen molar-refractivity contribution in [3.63, 3.8) is 0 Å². The smallest absolute Gasteiger partial charge is 0.306 e. The zero-order chi connectivity index (χ0) is 10.1. The van der Waals surface area contributed by atoms with Crippen molar-refractivity contribution in [2.24, 2.45) is 5.92 Å². The van der Waals surface area contributed by atoms with E-state index in [0.29, 0.717) is 12.8 Å². The van der Waals surface area contributed by atoms with Crippen molar-refractivity contribution in [3.8, 4) is 0 Å². The molecular weight excluding hydrogens is 182 g/mol. The first-order valence-electron chi connectivity index (χ1n) is 4.84. The second-order valence-corrected chi connectivity index (χ2v) is 3.70. The molecule has 0 saturated heterocycles. The van der Waals surface area contributed by atoms with E-state index < -0.39 is 5.97 Å². The minimum atomic E-state index is -0.701. The van der Waals surface area contributed by atoms with Gasteiger partial charge in [-0.2, -0.15) is 5.10 Å². The average Bonchev–Trinajstić information content (AvgIpc) is 2.49. The summed E-state index contributed by atoms with van der Waals surface area (Å²) in [5.41, 5.74) is 0. The van der Waals surface area contributed by atoms with Gasteiger partial charge in [0.05, 0.1) is 5.92 Å². The molecular formula is C9H13N3O2. The fourth-order valence-corrected chi connectivity index (χ4v) is 1.68. The highest BCUT2D eigenvalue weighted by Gasteiger charge is 2.37. The normalized spacial score (nSPS) is 25.8. The van der Waals surface area contributed by atoms with E-state index in [-0.39, 0.29) is 11.8 Å². The quantitative estimate of drug-likeness (QED) is 0.752. The summed E-state index contributed by atoms with van der Waals surface area (Å²) in [6.45, 7) is 2.01. The molecule has 1 aromatic rings. The molecule has 1 fully saturated rings. The number of nitrogens with zero attached hydrogens (tertiary/aromatic N) is 2. The van der Waals surface area contributed by atoms with Crippen molar-refractivity contribution in [3.05, 3.63) is 11.6 Å². The third kappa shape index (κ3) is 1.49. The Morgan fingerprint density at radius 1 is 1.64 bits per heavy atom. The summed E-state index contributed by atoms with van der Waals surface area (Å²) in [6, 6.07) is 0. The van der Waals surface area contributed by atoms with E-state index in [1.807, 2.05) is 6.92 Å². The lowest BCUT2D eigenvalue weighted by Gasteiger charge is -2.29. The van der Waals surface area contributed by atoms with Crippen LogP contribution in [0.3, 0.4) is 0 Å². The number of hydrogen-bond donors (Lipinski definition) is 2. The van der Waals surface area contributed by atoms with Crippen molar-refractivity contribution in [2.75, 3.05) is 0 Å². The van der Waals surface area contributed by atoms with Crippen LogP contribution in [0.15, 0.2) is 0 Å². The van der Waals surface area contributed by atoms with Gasteiger partial charge in [-0.1, -0.05) is 6.92 Å². The molecule has 5 heteroatoms. The monoisotopic (exact) mass is 195 g/mol. The highest BCUT2D eigenvalue weighted by atomic mass is 16.4. The van der Waals surface area contributed by atoms with Gasteiger partial charge in [-0.15, -0.1) is 0 Å². The molecule has 14 heavy (non-hydrogen) atoms. The molecule has 0 aromatic carbocycles. The molecule has 76 valence electrons. The first-order chi connectivity index (χ1) is 6.70. The Hall–Kier alpha value is -1.39. The number of nitrogens with one attached hydrogen (secondary N) is 1. The van der Waals surface area contributed by atoms with E-state index in [1.165, 1.54) is 0 Å². The molecule has 0 unspecified atom stereocenters.